The summed E-state index contributed by atoms with van der Waals surface area (Å²) in [7, 11) is 0. The van der Waals surface area contributed by atoms with E-state index in [2.05, 4.69) is 10.3 Å². The smallest absolute Gasteiger partial charge is 0.249 e. The van der Waals surface area contributed by atoms with Gasteiger partial charge in [0.05, 0.1) is 16.8 Å². The number of aromatic nitrogens is 1. The van der Waals surface area contributed by atoms with Crippen LogP contribution in [0, 0.1) is 13.8 Å². The molecule has 0 aliphatic carbocycles. The van der Waals surface area contributed by atoms with Crippen molar-refractivity contribution in [3.8, 4) is 0 Å². The molecule has 2 heterocycles. The van der Waals surface area contributed by atoms with Crippen LogP contribution in [0.1, 0.15) is 28.4 Å². The molecule has 0 bridgehead atoms. The van der Waals surface area contributed by atoms with Crippen molar-refractivity contribution in [2.45, 2.75) is 45.3 Å². The highest BCUT2D eigenvalue weighted by Crippen LogP contribution is 2.19. The van der Waals surface area contributed by atoms with E-state index in [1.54, 1.807) is 11.3 Å². The quantitative estimate of drug-likeness (QED) is 0.842. The summed E-state index contributed by atoms with van der Waals surface area (Å²) in [5.74, 6) is -0.0187. The van der Waals surface area contributed by atoms with Crippen molar-refractivity contribution < 1.29 is 9.53 Å². The molecule has 1 fully saturated rings. The van der Waals surface area contributed by atoms with E-state index in [1.165, 1.54) is 4.88 Å². The van der Waals surface area contributed by atoms with Crippen molar-refractivity contribution in [2.75, 3.05) is 13.1 Å². The van der Waals surface area contributed by atoms with Crippen LogP contribution >= 0.6 is 11.3 Å². The van der Waals surface area contributed by atoms with E-state index >= 15 is 0 Å². The van der Waals surface area contributed by atoms with E-state index in [0.29, 0.717) is 13.1 Å². The third-order valence-corrected chi connectivity index (χ3v) is 4.45. The van der Waals surface area contributed by atoms with Gasteiger partial charge >= 0.3 is 0 Å². The molecule has 106 valence electrons. The van der Waals surface area contributed by atoms with E-state index < -0.39 is 0 Å². The summed E-state index contributed by atoms with van der Waals surface area (Å²) < 4.78 is 5.56. The second-order valence-electron chi connectivity index (χ2n) is 4.84. The molecule has 1 aromatic rings. The number of aryl methyl sites for hydroxylation is 2. The molecule has 1 aromatic heterocycles. The maximum Gasteiger partial charge on any atom is 0.249 e. The lowest BCUT2D eigenvalue weighted by molar-refractivity contribution is -0.131. The van der Waals surface area contributed by atoms with Gasteiger partial charge in [0.1, 0.15) is 6.10 Å². The lowest BCUT2D eigenvalue weighted by atomic mass is 10.2. The fourth-order valence-electron chi connectivity index (χ4n) is 2.29. The number of carbonyl (C=O) groups is 1. The normalized spacial score (nSPS) is 22.7. The molecule has 0 aromatic carbocycles. The molecule has 6 heteroatoms. The minimum atomic E-state index is -0.321. The number of nitrogens with zero attached hydrogens (tertiary/aromatic N) is 1. The summed E-state index contributed by atoms with van der Waals surface area (Å²) in [4.78, 5) is 17.5. The Kier molecular flexibility index (Phi) is 4.90. The van der Waals surface area contributed by atoms with Crippen molar-refractivity contribution in [2.24, 2.45) is 5.73 Å². The fraction of sp³-hybridized carbons (Fsp3) is 0.692. The summed E-state index contributed by atoms with van der Waals surface area (Å²) >= 11 is 1.69. The Balaban J connectivity index is 1.74. The van der Waals surface area contributed by atoms with Gasteiger partial charge in [0, 0.05) is 24.4 Å². The van der Waals surface area contributed by atoms with Gasteiger partial charge < -0.3 is 15.8 Å². The van der Waals surface area contributed by atoms with Gasteiger partial charge in [-0.3, -0.25) is 4.79 Å². The molecule has 2 atom stereocenters. The van der Waals surface area contributed by atoms with E-state index in [-0.39, 0.29) is 18.1 Å². The summed E-state index contributed by atoms with van der Waals surface area (Å²) in [6, 6.07) is 0. The molecule has 1 aliphatic rings. The predicted octanol–water partition coefficient (Wildman–Crippen LogP) is 0.925. The monoisotopic (exact) mass is 283 g/mol. The SMILES string of the molecule is Cc1nc(C)c(CCNC(=O)[C@@H]2CC[C@H](CN)O2)s1. The predicted molar refractivity (Wildman–Crippen MR) is 75.3 cm³/mol. The van der Waals surface area contributed by atoms with Gasteiger partial charge in [-0.1, -0.05) is 0 Å². The van der Waals surface area contributed by atoms with Crippen molar-refractivity contribution in [1.82, 2.24) is 10.3 Å². The summed E-state index contributed by atoms with van der Waals surface area (Å²) in [5, 5.41) is 4.00. The maximum absolute atomic E-state index is 11.9. The summed E-state index contributed by atoms with van der Waals surface area (Å²) in [5.41, 5.74) is 6.60. The van der Waals surface area contributed by atoms with Crippen LogP contribution in [-0.4, -0.2) is 36.2 Å². The number of carbonyl (C=O) groups excluding carboxylic acids is 1. The number of thiazole rings is 1. The zero-order valence-corrected chi connectivity index (χ0v) is 12.3. The Morgan fingerprint density at radius 1 is 1.53 bits per heavy atom. The van der Waals surface area contributed by atoms with Crippen LogP contribution < -0.4 is 11.1 Å². The number of amides is 1. The third-order valence-electron chi connectivity index (χ3n) is 3.31. The highest BCUT2D eigenvalue weighted by atomic mass is 32.1. The molecule has 0 radical (unpaired) electrons. The number of hydrogen-bond acceptors (Lipinski definition) is 5. The first-order chi connectivity index (χ1) is 9.10. The Bertz CT molecular complexity index is 447. The van der Waals surface area contributed by atoms with Crippen LogP contribution in [0.5, 0.6) is 0 Å². The van der Waals surface area contributed by atoms with Crippen LogP contribution in [0.3, 0.4) is 0 Å². The molecule has 1 amide bonds. The van der Waals surface area contributed by atoms with E-state index in [9.17, 15) is 4.79 Å². The molecule has 19 heavy (non-hydrogen) atoms. The Hall–Kier alpha value is -0.980. The molecule has 2 rings (SSSR count). The van der Waals surface area contributed by atoms with Crippen LogP contribution in [-0.2, 0) is 16.0 Å². The van der Waals surface area contributed by atoms with Crippen molar-refractivity contribution in [3.63, 3.8) is 0 Å². The molecule has 0 unspecified atom stereocenters. The van der Waals surface area contributed by atoms with Gasteiger partial charge in [0.15, 0.2) is 0 Å². The van der Waals surface area contributed by atoms with E-state index in [0.717, 1.165) is 30.0 Å². The lowest BCUT2D eigenvalue weighted by Crippen LogP contribution is -2.36. The molecule has 3 N–H and O–H groups in total. The lowest BCUT2D eigenvalue weighted by Gasteiger charge is -2.12. The van der Waals surface area contributed by atoms with Crippen molar-refractivity contribution >= 4 is 17.2 Å². The zero-order valence-electron chi connectivity index (χ0n) is 11.4. The fourth-order valence-corrected chi connectivity index (χ4v) is 3.23. The number of rotatable bonds is 5. The average molecular weight is 283 g/mol. The molecule has 1 saturated heterocycles. The molecule has 0 saturated carbocycles. The first-order valence-electron chi connectivity index (χ1n) is 6.66. The zero-order chi connectivity index (χ0) is 13.8. The van der Waals surface area contributed by atoms with E-state index in [1.807, 2.05) is 13.8 Å². The van der Waals surface area contributed by atoms with Gasteiger partial charge in [0.2, 0.25) is 5.91 Å². The second kappa shape index (κ2) is 6.45. The number of hydrogen-bond donors (Lipinski definition) is 2. The van der Waals surface area contributed by atoms with Gasteiger partial charge in [-0.05, 0) is 26.7 Å². The minimum absolute atomic E-state index is 0.0187. The molecule has 5 nitrogen and oxygen atoms in total. The molecule has 1 aliphatic heterocycles. The largest absolute Gasteiger partial charge is 0.364 e. The minimum Gasteiger partial charge on any atom is -0.364 e. The maximum atomic E-state index is 11.9. The average Bonchev–Trinajstić information content (AvgIpc) is 2.96. The highest BCUT2D eigenvalue weighted by molar-refractivity contribution is 7.11. The Morgan fingerprint density at radius 3 is 2.89 bits per heavy atom. The van der Waals surface area contributed by atoms with Crippen molar-refractivity contribution in [3.05, 3.63) is 15.6 Å². The van der Waals surface area contributed by atoms with Gasteiger partial charge in [-0.2, -0.15) is 0 Å². The first-order valence-corrected chi connectivity index (χ1v) is 7.48. The van der Waals surface area contributed by atoms with Crippen LogP contribution in [0.4, 0.5) is 0 Å². The van der Waals surface area contributed by atoms with Crippen molar-refractivity contribution in [1.29, 1.82) is 0 Å². The summed E-state index contributed by atoms with van der Waals surface area (Å²) in [6.07, 6.45) is 2.20. The molecule has 0 spiro atoms. The molecular formula is C13H21N3O2S. The Morgan fingerprint density at radius 2 is 2.32 bits per heavy atom. The third kappa shape index (κ3) is 3.75. The number of nitrogens with two attached hydrogens (primary N) is 1. The van der Waals surface area contributed by atoms with Crippen LogP contribution in [0.2, 0.25) is 0 Å². The molecular weight excluding hydrogens is 262 g/mol. The van der Waals surface area contributed by atoms with Gasteiger partial charge in [0.25, 0.3) is 0 Å². The second-order valence-corrected chi connectivity index (χ2v) is 6.13. The number of ether oxygens (including phenoxy) is 1. The first kappa shape index (κ1) is 14.4. The van der Waals surface area contributed by atoms with E-state index in [4.69, 9.17) is 10.5 Å². The Labute approximate surface area is 117 Å². The van der Waals surface area contributed by atoms with Crippen LogP contribution in [0.15, 0.2) is 0 Å². The summed E-state index contributed by atoms with van der Waals surface area (Å²) in [6.45, 7) is 5.13. The van der Waals surface area contributed by atoms with Gasteiger partial charge in [-0.25, -0.2) is 4.98 Å². The van der Waals surface area contributed by atoms with Crippen LogP contribution in [0.25, 0.3) is 0 Å². The number of nitrogens with one attached hydrogen (secondary N) is 1. The van der Waals surface area contributed by atoms with Gasteiger partial charge in [-0.15, -0.1) is 11.3 Å². The standard InChI is InChI=1S/C13H21N3O2S/c1-8-12(19-9(2)16-8)5-6-15-13(17)11-4-3-10(7-14)18-11/h10-11H,3-7,14H2,1-2H3,(H,15,17)/t10-,11+/m1/s1. The topological polar surface area (TPSA) is 77.2 Å². The highest BCUT2D eigenvalue weighted by Gasteiger charge is 2.29.